The molecule has 0 unspecified atom stereocenters. The van der Waals surface area contributed by atoms with Crippen LogP contribution in [0.1, 0.15) is 25.3 Å². The van der Waals surface area contributed by atoms with E-state index < -0.39 is 0 Å². The van der Waals surface area contributed by atoms with E-state index in [2.05, 4.69) is 59.0 Å². The number of benzene rings is 2. The Kier molecular flexibility index (Phi) is 3.73. The summed E-state index contributed by atoms with van der Waals surface area (Å²) in [6, 6.07) is 16.7. The predicted molar refractivity (Wildman–Crippen MR) is 104 cm³/mol. The van der Waals surface area contributed by atoms with Crippen molar-refractivity contribution in [2.75, 3.05) is 16.8 Å². The van der Waals surface area contributed by atoms with Gasteiger partial charge in [0.2, 0.25) is 5.95 Å². The first kappa shape index (κ1) is 15.1. The largest absolute Gasteiger partial charge is 0.332 e. The zero-order chi connectivity index (χ0) is 16.7. The second kappa shape index (κ2) is 5.91. The van der Waals surface area contributed by atoms with E-state index >= 15 is 0 Å². The highest BCUT2D eigenvalue weighted by Gasteiger charge is 2.26. The molecule has 4 nitrogen and oxygen atoms in total. The molecular weight excluding hydrogens is 316 g/mol. The summed E-state index contributed by atoms with van der Waals surface area (Å²) in [4.78, 5) is 6.81. The molecular formula is C19H20N4S. The fourth-order valence-corrected chi connectivity index (χ4v) is 3.41. The van der Waals surface area contributed by atoms with Crippen molar-refractivity contribution in [3.05, 3.63) is 54.1 Å². The number of thiocarbonyl (C=S) groups is 1. The summed E-state index contributed by atoms with van der Waals surface area (Å²) < 4.78 is 2.23. The number of imidazole rings is 1. The van der Waals surface area contributed by atoms with E-state index in [9.17, 15) is 0 Å². The lowest BCUT2D eigenvalue weighted by Crippen LogP contribution is -2.33. The predicted octanol–water partition coefficient (Wildman–Crippen LogP) is 4.38. The average molecular weight is 336 g/mol. The first-order valence-electron chi connectivity index (χ1n) is 8.27. The van der Waals surface area contributed by atoms with Gasteiger partial charge >= 0.3 is 0 Å². The van der Waals surface area contributed by atoms with Gasteiger partial charge in [0.15, 0.2) is 5.11 Å². The molecule has 3 aromatic rings. The standard InChI is InChI=1S/C19H20N4S/c1-13(2)14-7-9-15(10-8-14)20-19(24)23-12-11-22-17-6-4-3-5-16(17)21-18(22)23/h3-10,13H,11-12H2,1-2H3,(H,20,24). The molecule has 4 rings (SSSR count). The minimum absolute atomic E-state index is 0.532. The van der Waals surface area contributed by atoms with E-state index in [0.29, 0.717) is 11.0 Å². The Bertz CT molecular complexity index is 895. The molecule has 1 aliphatic rings. The molecule has 0 spiro atoms. The van der Waals surface area contributed by atoms with Crippen LogP contribution in [0.4, 0.5) is 11.6 Å². The third-order valence-electron chi connectivity index (χ3n) is 4.50. The number of fused-ring (bicyclic) bond motifs is 3. The number of nitrogens with zero attached hydrogens (tertiary/aromatic N) is 3. The smallest absolute Gasteiger partial charge is 0.213 e. The van der Waals surface area contributed by atoms with E-state index in [1.165, 1.54) is 11.1 Å². The third kappa shape index (κ3) is 2.55. The van der Waals surface area contributed by atoms with E-state index in [-0.39, 0.29) is 0 Å². The van der Waals surface area contributed by atoms with Crippen molar-refractivity contribution < 1.29 is 0 Å². The van der Waals surface area contributed by atoms with Crippen LogP contribution in [0.5, 0.6) is 0 Å². The maximum atomic E-state index is 5.62. The summed E-state index contributed by atoms with van der Waals surface area (Å²) >= 11 is 5.62. The average Bonchev–Trinajstić information content (AvgIpc) is 3.14. The van der Waals surface area contributed by atoms with Crippen molar-refractivity contribution >= 4 is 40.0 Å². The third-order valence-corrected chi connectivity index (χ3v) is 4.82. The van der Waals surface area contributed by atoms with Gasteiger partial charge in [-0.2, -0.15) is 0 Å². The fourth-order valence-electron chi connectivity index (χ4n) is 3.12. The molecule has 2 heterocycles. The lowest BCUT2D eigenvalue weighted by molar-refractivity contribution is 0.829. The number of anilines is 2. The maximum absolute atomic E-state index is 5.62. The molecule has 0 atom stereocenters. The highest BCUT2D eigenvalue weighted by Crippen LogP contribution is 2.28. The summed E-state index contributed by atoms with van der Waals surface area (Å²) in [5.74, 6) is 1.46. The fraction of sp³-hybridized carbons (Fsp3) is 0.263. The van der Waals surface area contributed by atoms with Gasteiger partial charge in [-0.05, 0) is 48.0 Å². The molecule has 122 valence electrons. The molecule has 0 saturated carbocycles. The summed E-state index contributed by atoms with van der Waals surface area (Å²) in [6.07, 6.45) is 0. The molecule has 0 fully saturated rings. The van der Waals surface area contributed by atoms with Crippen molar-refractivity contribution in [3.63, 3.8) is 0 Å². The molecule has 0 amide bonds. The second-order valence-corrected chi connectivity index (χ2v) is 6.80. The van der Waals surface area contributed by atoms with Crippen molar-refractivity contribution in [2.24, 2.45) is 0 Å². The summed E-state index contributed by atoms with van der Waals surface area (Å²) in [5.41, 5.74) is 4.52. The lowest BCUT2D eigenvalue weighted by Gasteiger charge is -2.18. The minimum Gasteiger partial charge on any atom is -0.332 e. The summed E-state index contributed by atoms with van der Waals surface area (Å²) in [6.45, 7) is 6.15. The summed E-state index contributed by atoms with van der Waals surface area (Å²) in [7, 11) is 0. The Morgan fingerprint density at radius 2 is 1.83 bits per heavy atom. The molecule has 0 radical (unpaired) electrons. The SMILES string of the molecule is CC(C)c1ccc(NC(=S)N2CCn3c2nc2ccccc23)cc1. The lowest BCUT2D eigenvalue weighted by atomic mass is 10.0. The van der Waals surface area contributed by atoms with Crippen LogP contribution in [0.2, 0.25) is 0 Å². The van der Waals surface area contributed by atoms with Gasteiger partial charge in [0.05, 0.1) is 11.0 Å². The topological polar surface area (TPSA) is 33.1 Å². The van der Waals surface area contributed by atoms with Gasteiger partial charge in [0, 0.05) is 18.8 Å². The second-order valence-electron chi connectivity index (χ2n) is 6.41. The van der Waals surface area contributed by atoms with Crippen LogP contribution in [-0.4, -0.2) is 21.2 Å². The maximum Gasteiger partial charge on any atom is 0.213 e. The van der Waals surface area contributed by atoms with Gasteiger partial charge < -0.3 is 9.88 Å². The molecule has 1 aliphatic heterocycles. The minimum atomic E-state index is 0.532. The van der Waals surface area contributed by atoms with Gasteiger partial charge in [-0.1, -0.05) is 38.1 Å². The van der Waals surface area contributed by atoms with Crippen LogP contribution < -0.4 is 10.2 Å². The van der Waals surface area contributed by atoms with Crippen molar-refractivity contribution in [1.82, 2.24) is 9.55 Å². The number of hydrogen-bond donors (Lipinski definition) is 1. The highest BCUT2D eigenvalue weighted by molar-refractivity contribution is 7.80. The van der Waals surface area contributed by atoms with E-state index in [1.54, 1.807) is 0 Å². The normalized spacial score (nSPS) is 13.5. The Labute approximate surface area is 147 Å². The van der Waals surface area contributed by atoms with E-state index in [0.717, 1.165) is 30.2 Å². The van der Waals surface area contributed by atoms with Crippen LogP contribution in [-0.2, 0) is 6.54 Å². The van der Waals surface area contributed by atoms with Crippen LogP contribution in [0.25, 0.3) is 11.0 Å². The van der Waals surface area contributed by atoms with Gasteiger partial charge in [0.25, 0.3) is 0 Å². The molecule has 5 heteroatoms. The van der Waals surface area contributed by atoms with Crippen molar-refractivity contribution in [1.29, 1.82) is 0 Å². The highest BCUT2D eigenvalue weighted by atomic mass is 32.1. The Morgan fingerprint density at radius 1 is 1.08 bits per heavy atom. The Balaban J connectivity index is 1.56. The molecule has 0 bridgehead atoms. The van der Waals surface area contributed by atoms with Gasteiger partial charge in [-0.3, -0.25) is 4.90 Å². The number of aromatic nitrogens is 2. The van der Waals surface area contributed by atoms with Crippen LogP contribution >= 0.6 is 12.2 Å². The monoisotopic (exact) mass is 336 g/mol. The molecule has 24 heavy (non-hydrogen) atoms. The number of hydrogen-bond acceptors (Lipinski definition) is 2. The van der Waals surface area contributed by atoms with Crippen LogP contribution in [0.3, 0.4) is 0 Å². The Hall–Kier alpha value is -2.40. The van der Waals surface area contributed by atoms with Gasteiger partial charge in [0.1, 0.15) is 0 Å². The molecule has 2 aromatic carbocycles. The quantitative estimate of drug-likeness (QED) is 0.704. The van der Waals surface area contributed by atoms with Crippen LogP contribution in [0, 0.1) is 0 Å². The zero-order valence-electron chi connectivity index (χ0n) is 13.9. The number of rotatable bonds is 2. The molecule has 1 N–H and O–H groups in total. The first-order valence-corrected chi connectivity index (χ1v) is 8.68. The first-order chi connectivity index (χ1) is 11.6. The Morgan fingerprint density at radius 3 is 2.58 bits per heavy atom. The van der Waals surface area contributed by atoms with E-state index in [4.69, 9.17) is 17.2 Å². The number of nitrogens with one attached hydrogen (secondary N) is 1. The molecule has 0 saturated heterocycles. The van der Waals surface area contributed by atoms with E-state index in [1.807, 2.05) is 18.2 Å². The van der Waals surface area contributed by atoms with Crippen molar-refractivity contribution in [3.8, 4) is 0 Å². The zero-order valence-corrected chi connectivity index (χ0v) is 14.7. The summed E-state index contributed by atoms with van der Waals surface area (Å²) in [5, 5.41) is 4.03. The van der Waals surface area contributed by atoms with Gasteiger partial charge in [-0.25, -0.2) is 4.98 Å². The van der Waals surface area contributed by atoms with Crippen molar-refractivity contribution in [2.45, 2.75) is 26.3 Å². The molecule has 0 aliphatic carbocycles. The number of para-hydroxylation sites is 2. The van der Waals surface area contributed by atoms with Gasteiger partial charge in [-0.15, -0.1) is 0 Å². The van der Waals surface area contributed by atoms with Crippen LogP contribution in [0.15, 0.2) is 48.5 Å². The molecule has 1 aromatic heterocycles.